The first kappa shape index (κ1) is 29.6. The van der Waals surface area contributed by atoms with E-state index in [0.29, 0.717) is 37.2 Å². The molecular weight excluding hydrogens is 522 g/mol. The van der Waals surface area contributed by atoms with Gasteiger partial charge in [0.2, 0.25) is 0 Å². The second-order valence-corrected chi connectivity index (χ2v) is 10.5. The highest BCUT2D eigenvalue weighted by atomic mass is 19.3. The first-order chi connectivity index (χ1) is 19.1. The zero-order chi connectivity index (χ0) is 28.9. The highest BCUT2D eigenvalue weighted by Crippen LogP contribution is 2.50. The lowest BCUT2D eigenvalue weighted by molar-refractivity contribution is -0.175. The van der Waals surface area contributed by atoms with Crippen LogP contribution in [0.15, 0.2) is 42.5 Å². The molecule has 0 saturated heterocycles. The topological polar surface area (TPSA) is 97.3 Å². The lowest BCUT2D eigenvalue weighted by Gasteiger charge is -2.45. The number of hydrogen-bond donors (Lipinski definition) is 2. The van der Waals surface area contributed by atoms with Crippen molar-refractivity contribution in [2.75, 3.05) is 26.4 Å². The summed E-state index contributed by atoms with van der Waals surface area (Å²) in [4.78, 5) is 26.9. The maximum absolute atomic E-state index is 13.7. The predicted octanol–water partition coefficient (Wildman–Crippen LogP) is 5.90. The van der Waals surface area contributed by atoms with Crippen molar-refractivity contribution in [3.63, 3.8) is 0 Å². The molecule has 2 aliphatic carbocycles. The van der Waals surface area contributed by atoms with Gasteiger partial charge in [-0.1, -0.05) is 30.3 Å². The Morgan fingerprint density at radius 2 is 1.68 bits per heavy atom. The van der Waals surface area contributed by atoms with Crippen LogP contribution in [0.1, 0.15) is 75.1 Å². The van der Waals surface area contributed by atoms with E-state index >= 15 is 0 Å². The van der Waals surface area contributed by atoms with Crippen molar-refractivity contribution >= 4 is 12.0 Å². The van der Waals surface area contributed by atoms with Crippen LogP contribution in [0.5, 0.6) is 11.5 Å². The summed E-state index contributed by atoms with van der Waals surface area (Å²) in [6.07, 6.45) is 0.189. The van der Waals surface area contributed by atoms with E-state index in [-0.39, 0.29) is 13.2 Å². The molecule has 0 bridgehead atoms. The summed E-state index contributed by atoms with van der Waals surface area (Å²) in [6, 6.07) is 12.0. The molecular formula is C30H38F2N2O6. The molecule has 0 aromatic heterocycles. The standard InChI is InChI=1S/C30H38F2N2O6/c1-4-39-24-15-23(16-25(40-5-2)26(24)22-11-12-22)20(3)34(13-14-38-17-21-9-7-6-8-10-21)28(37)33-29(27(35)36)18-30(31,32)19-29/h6-10,15-16,20,22H,4-5,11-14,17-19H2,1-3H3,(H,33,37)(H,35,36). The Kier molecular flexibility index (Phi) is 9.18. The van der Waals surface area contributed by atoms with Crippen LogP contribution in [0.3, 0.4) is 0 Å². The van der Waals surface area contributed by atoms with Gasteiger partial charge in [-0.2, -0.15) is 0 Å². The van der Waals surface area contributed by atoms with Gasteiger partial charge in [0.05, 0.1) is 32.5 Å². The molecule has 2 N–H and O–H groups in total. The van der Waals surface area contributed by atoms with Crippen molar-refractivity contribution in [3.8, 4) is 11.5 Å². The number of carbonyl (C=O) groups excluding carboxylic acids is 1. The fraction of sp³-hybridized carbons (Fsp3) is 0.533. The molecule has 2 aromatic rings. The lowest BCUT2D eigenvalue weighted by atomic mass is 9.73. The monoisotopic (exact) mass is 560 g/mol. The molecule has 0 spiro atoms. The quantitative estimate of drug-likeness (QED) is 0.279. The summed E-state index contributed by atoms with van der Waals surface area (Å²) in [5, 5.41) is 12.1. The zero-order valence-corrected chi connectivity index (χ0v) is 23.3. The van der Waals surface area contributed by atoms with Gasteiger partial charge < -0.3 is 29.5 Å². The molecule has 2 aromatic carbocycles. The smallest absolute Gasteiger partial charge is 0.329 e. The number of carboxylic acid groups (broad SMARTS) is 1. The van der Waals surface area contributed by atoms with Gasteiger partial charge in [-0.15, -0.1) is 0 Å². The predicted molar refractivity (Wildman–Crippen MR) is 145 cm³/mol. The van der Waals surface area contributed by atoms with Crippen LogP contribution in [-0.4, -0.2) is 59.8 Å². The van der Waals surface area contributed by atoms with E-state index in [1.165, 1.54) is 4.90 Å². The number of aliphatic carboxylic acids is 1. The highest BCUT2D eigenvalue weighted by Gasteiger charge is 2.62. The number of amides is 2. The molecule has 218 valence electrons. The van der Waals surface area contributed by atoms with E-state index in [4.69, 9.17) is 14.2 Å². The molecule has 2 aliphatic rings. The van der Waals surface area contributed by atoms with Crippen LogP contribution in [0.4, 0.5) is 13.6 Å². The Morgan fingerprint density at radius 3 is 2.17 bits per heavy atom. The third kappa shape index (κ3) is 6.83. The zero-order valence-electron chi connectivity index (χ0n) is 23.3. The van der Waals surface area contributed by atoms with Crippen molar-refractivity contribution in [3.05, 3.63) is 59.2 Å². The van der Waals surface area contributed by atoms with Gasteiger partial charge in [0.15, 0.2) is 5.54 Å². The SMILES string of the molecule is CCOc1cc(C(C)N(CCOCc2ccccc2)C(=O)NC2(C(=O)O)CC(F)(F)C2)cc(OCC)c1C1CC1. The van der Waals surface area contributed by atoms with Crippen molar-refractivity contribution in [2.24, 2.45) is 0 Å². The molecule has 40 heavy (non-hydrogen) atoms. The molecule has 0 heterocycles. The summed E-state index contributed by atoms with van der Waals surface area (Å²) < 4.78 is 45.3. The van der Waals surface area contributed by atoms with Gasteiger partial charge in [-0.25, -0.2) is 18.4 Å². The second-order valence-electron chi connectivity index (χ2n) is 10.5. The third-order valence-corrected chi connectivity index (χ3v) is 7.39. The largest absolute Gasteiger partial charge is 0.493 e. The third-order valence-electron chi connectivity index (χ3n) is 7.39. The molecule has 2 saturated carbocycles. The lowest BCUT2D eigenvalue weighted by Crippen LogP contribution is -2.68. The van der Waals surface area contributed by atoms with Gasteiger partial charge in [0.1, 0.15) is 11.5 Å². The average molecular weight is 561 g/mol. The number of benzene rings is 2. The molecule has 0 aliphatic heterocycles. The first-order valence-corrected chi connectivity index (χ1v) is 13.8. The number of halogens is 2. The minimum absolute atomic E-state index is 0.101. The number of nitrogens with one attached hydrogen (secondary N) is 1. The summed E-state index contributed by atoms with van der Waals surface area (Å²) in [7, 11) is 0. The van der Waals surface area contributed by atoms with Crippen molar-refractivity contribution in [1.29, 1.82) is 0 Å². The molecule has 8 nitrogen and oxygen atoms in total. The van der Waals surface area contributed by atoms with E-state index in [0.717, 1.165) is 29.5 Å². The summed E-state index contributed by atoms with van der Waals surface area (Å²) in [5.74, 6) is -2.88. The fourth-order valence-electron chi connectivity index (χ4n) is 5.17. The molecule has 1 atom stereocenters. The van der Waals surface area contributed by atoms with Crippen LogP contribution in [-0.2, 0) is 16.1 Å². The number of alkyl halides is 2. The number of carboxylic acids is 1. The first-order valence-electron chi connectivity index (χ1n) is 13.8. The number of carbonyl (C=O) groups is 2. The summed E-state index contributed by atoms with van der Waals surface area (Å²) in [5.41, 5.74) is 0.680. The van der Waals surface area contributed by atoms with Gasteiger partial charge in [-0.05, 0) is 62.8 Å². The van der Waals surface area contributed by atoms with Crippen molar-refractivity contribution < 1.29 is 37.7 Å². The Bertz CT molecular complexity index is 1150. The Balaban J connectivity index is 1.59. The van der Waals surface area contributed by atoms with Crippen LogP contribution in [0.25, 0.3) is 0 Å². The fourth-order valence-corrected chi connectivity index (χ4v) is 5.17. The Labute approximate surface area is 233 Å². The number of hydrogen-bond acceptors (Lipinski definition) is 5. The molecule has 2 fully saturated rings. The number of nitrogens with zero attached hydrogens (tertiary/aromatic N) is 1. The van der Waals surface area contributed by atoms with Gasteiger partial charge in [0, 0.05) is 24.9 Å². The summed E-state index contributed by atoms with van der Waals surface area (Å²) >= 11 is 0. The van der Waals surface area contributed by atoms with Gasteiger partial charge in [-0.3, -0.25) is 0 Å². The van der Waals surface area contributed by atoms with Crippen molar-refractivity contribution in [2.45, 2.75) is 76.5 Å². The molecule has 1 unspecified atom stereocenters. The maximum atomic E-state index is 13.7. The Morgan fingerprint density at radius 1 is 1.07 bits per heavy atom. The second kappa shape index (κ2) is 12.4. The molecule has 2 amide bonds. The summed E-state index contributed by atoms with van der Waals surface area (Å²) in [6.45, 7) is 7.09. The van der Waals surface area contributed by atoms with E-state index in [1.54, 1.807) is 6.92 Å². The van der Waals surface area contributed by atoms with Crippen molar-refractivity contribution in [1.82, 2.24) is 10.2 Å². The van der Waals surface area contributed by atoms with Crippen LogP contribution < -0.4 is 14.8 Å². The Hall–Kier alpha value is -3.40. The van der Waals surface area contributed by atoms with Gasteiger partial charge >= 0.3 is 12.0 Å². The van der Waals surface area contributed by atoms with Crippen LogP contribution >= 0.6 is 0 Å². The molecule has 4 rings (SSSR count). The maximum Gasteiger partial charge on any atom is 0.329 e. The highest BCUT2D eigenvalue weighted by molar-refractivity contribution is 5.88. The minimum Gasteiger partial charge on any atom is -0.493 e. The number of urea groups is 1. The van der Waals surface area contributed by atoms with Crippen LogP contribution in [0.2, 0.25) is 0 Å². The van der Waals surface area contributed by atoms with E-state index in [9.17, 15) is 23.5 Å². The molecule has 10 heteroatoms. The molecule has 0 radical (unpaired) electrons. The average Bonchev–Trinajstić information content (AvgIpc) is 3.73. The van der Waals surface area contributed by atoms with E-state index in [1.807, 2.05) is 56.3 Å². The number of ether oxygens (including phenoxy) is 3. The van der Waals surface area contributed by atoms with Gasteiger partial charge in [0.25, 0.3) is 5.92 Å². The number of rotatable bonds is 14. The van der Waals surface area contributed by atoms with E-state index < -0.39 is 42.3 Å². The van der Waals surface area contributed by atoms with Crippen LogP contribution in [0, 0.1) is 0 Å². The van der Waals surface area contributed by atoms with E-state index in [2.05, 4.69) is 5.32 Å². The minimum atomic E-state index is -3.14. The normalized spacial score (nSPS) is 17.8.